The monoisotopic (exact) mass is 594 g/mol. The number of fused-ring (bicyclic) bond motifs is 2. The van der Waals surface area contributed by atoms with Gasteiger partial charge in [-0.1, -0.05) is 12.1 Å². The van der Waals surface area contributed by atoms with Crippen LogP contribution in [0.2, 0.25) is 0 Å². The summed E-state index contributed by atoms with van der Waals surface area (Å²) in [5.74, 6) is 0. The Morgan fingerprint density at radius 3 is 2.05 bits per heavy atom. The molecule has 4 heterocycles. The molecule has 1 N–H and O–H groups in total. The Labute approximate surface area is 242 Å². The highest BCUT2D eigenvalue weighted by Gasteiger charge is 2.24. The fourth-order valence-electron chi connectivity index (χ4n) is 4.39. The van der Waals surface area contributed by atoms with Crippen molar-refractivity contribution < 1.29 is 17.9 Å². The molecule has 0 spiro atoms. The van der Waals surface area contributed by atoms with E-state index in [4.69, 9.17) is 4.74 Å². The number of ether oxygens (including phenoxy) is 1. The Kier molecular flexibility index (Phi) is 8.00. The van der Waals surface area contributed by atoms with E-state index in [1.165, 1.54) is 29.1 Å². The number of carbonyl (C=O) groups excluding carboxylic acids is 1. The molecule has 0 saturated carbocycles. The minimum absolute atomic E-state index is 0.0829. The van der Waals surface area contributed by atoms with Crippen molar-refractivity contribution in [3.8, 4) is 0 Å². The van der Waals surface area contributed by atoms with Crippen molar-refractivity contribution >= 4 is 38.0 Å². The number of rotatable bonds is 3. The van der Waals surface area contributed by atoms with Crippen LogP contribution in [0.3, 0.4) is 0 Å². The van der Waals surface area contributed by atoms with Gasteiger partial charge in [-0.2, -0.15) is 4.57 Å². The third-order valence-electron chi connectivity index (χ3n) is 6.15. The summed E-state index contributed by atoms with van der Waals surface area (Å²) in [4.78, 5) is 48.1. The van der Waals surface area contributed by atoms with Crippen LogP contribution in [0.1, 0.15) is 47.1 Å². The average molecular weight is 595 g/mol. The van der Waals surface area contributed by atoms with Gasteiger partial charge in [0, 0.05) is 24.2 Å². The predicted molar refractivity (Wildman–Crippen MR) is 160 cm³/mol. The molecule has 0 aliphatic carbocycles. The lowest BCUT2D eigenvalue weighted by molar-refractivity contribution is 0.0537. The van der Waals surface area contributed by atoms with Crippen molar-refractivity contribution in [2.24, 2.45) is 0 Å². The molecule has 5 aromatic rings. The highest BCUT2D eigenvalue weighted by Crippen LogP contribution is 2.19. The van der Waals surface area contributed by atoms with Gasteiger partial charge in [0.25, 0.3) is 0 Å². The lowest BCUT2D eigenvalue weighted by Gasteiger charge is -2.20. The number of pyridine rings is 2. The summed E-state index contributed by atoms with van der Waals surface area (Å²) in [6.07, 6.45) is 6.68. The normalized spacial score (nSPS) is 12.3. The van der Waals surface area contributed by atoms with Gasteiger partial charge in [-0.25, -0.2) is 22.8 Å². The van der Waals surface area contributed by atoms with Crippen molar-refractivity contribution in [1.82, 2.24) is 28.7 Å². The first-order chi connectivity index (χ1) is 19.5. The van der Waals surface area contributed by atoms with Crippen LogP contribution in [-0.4, -0.2) is 55.0 Å². The third kappa shape index (κ3) is 6.51. The minimum Gasteiger partial charge on any atom is -0.443 e. The van der Waals surface area contributed by atoms with E-state index < -0.39 is 27.2 Å². The molecule has 0 unspecified atom stereocenters. The SMILES string of the molecule is CC(C)(C)OC(=O)n1c(=O)n(Cc2ccc(S(C)(=O)=O)cc2)c2ccncc21.CC(C)(C)n1c(=O)[nH]c2cnccc21. The molecule has 0 amide bonds. The summed E-state index contributed by atoms with van der Waals surface area (Å²) in [5.41, 5.74) is 1.67. The van der Waals surface area contributed by atoms with E-state index in [0.717, 1.165) is 27.4 Å². The van der Waals surface area contributed by atoms with Crippen LogP contribution >= 0.6 is 0 Å². The molecule has 13 heteroatoms. The van der Waals surface area contributed by atoms with Crippen LogP contribution in [-0.2, 0) is 26.7 Å². The van der Waals surface area contributed by atoms with Crippen LogP contribution < -0.4 is 11.4 Å². The predicted octanol–water partition coefficient (Wildman–Crippen LogP) is 3.91. The maximum atomic E-state index is 12.9. The lowest BCUT2D eigenvalue weighted by atomic mass is 10.1. The maximum Gasteiger partial charge on any atom is 0.423 e. The minimum atomic E-state index is -3.30. The molecular weight excluding hydrogens is 560 g/mol. The van der Waals surface area contributed by atoms with Gasteiger partial charge in [0.05, 0.1) is 45.9 Å². The number of aromatic amines is 1. The molecule has 0 saturated heterocycles. The first-order valence-corrected chi connectivity index (χ1v) is 15.0. The van der Waals surface area contributed by atoms with E-state index in [-0.39, 0.29) is 22.7 Å². The molecule has 42 heavy (non-hydrogen) atoms. The zero-order valence-electron chi connectivity index (χ0n) is 24.6. The van der Waals surface area contributed by atoms with Gasteiger partial charge in [-0.05, 0) is 71.4 Å². The molecule has 5 rings (SSSR count). The third-order valence-corrected chi connectivity index (χ3v) is 7.28. The smallest absolute Gasteiger partial charge is 0.423 e. The number of hydrogen-bond acceptors (Lipinski definition) is 8. The Bertz CT molecular complexity index is 1990. The molecule has 0 aliphatic heterocycles. The lowest BCUT2D eigenvalue weighted by Crippen LogP contribution is -2.34. The van der Waals surface area contributed by atoms with Crippen molar-refractivity contribution in [2.75, 3.05) is 6.26 Å². The number of hydrogen-bond donors (Lipinski definition) is 1. The summed E-state index contributed by atoms with van der Waals surface area (Å²) in [5, 5.41) is 0. The number of H-pyrrole nitrogens is 1. The maximum absolute atomic E-state index is 12.9. The highest BCUT2D eigenvalue weighted by atomic mass is 32.2. The van der Waals surface area contributed by atoms with Crippen LogP contribution in [0.15, 0.2) is 75.7 Å². The van der Waals surface area contributed by atoms with Crippen molar-refractivity contribution in [3.05, 3.63) is 87.7 Å². The van der Waals surface area contributed by atoms with Crippen LogP contribution in [0, 0.1) is 0 Å². The van der Waals surface area contributed by atoms with E-state index in [2.05, 4.69) is 15.0 Å². The van der Waals surface area contributed by atoms with E-state index in [1.54, 1.807) is 55.9 Å². The summed E-state index contributed by atoms with van der Waals surface area (Å²) in [6.45, 7) is 11.3. The van der Waals surface area contributed by atoms with Gasteiger partial charge < -0.3 is 9.72 Å². The number of nitrogens with zero attached hydrogens (tertiary/aromatic N) is 5. The Morgan fingerprint density at radius 2 is 1.48 bits per heavy atom. The van der Waals surface area contributed by atoms with Crippen molar-refractivity contribution in [1.29, 1.82) is 0 Å². The van der Waals surface area contributed by atoms with E-state index >= 15 is 0 Å². The number of carbonyl (C=O) groups is 1. The van der Waals surface area contributed by atoms with Crippen LogP contribution in [0.25, 0.3) is 22.1 Å². The second-order valence-electron chi connectivity index (χ2n) is 11.8. The van der Waals surface area contributed by atoms with E-state index in [1.807, 2.05) is 26.8 Å². The van der Waals surface area contributed by atoms with E-state index in [0.29, 0.717) is 11.0 Å². The van der Waals surface area contributed by atoms with Gasteiger partial charge in [-0.15, -0.1) is 0 Å². The second kappa shape index (κ2) is 11.0. The highest BCUT2D eigenvalue weighted by molar-refractivity contribution is 7.90. The second-order valence-corrected chi connectivity index (χ2v) is 13.8. The number of benzene rings is 1. The molecule has 12 nitrogen and oxygen atoms in total. The fraction of sp³-hybridized carbons (Fsp3) is 0.345. The van der Waals surface area contributed by atoms with E-state index in [9.17, 15) is 22.8 Å². The van der Waals surface area contributed by atoms with Gasteiger partial charge in [0.15, 0.2) is 9.84 Å². The topological polar surface area (TPSA) is 151 Å². The molecular formula is C29H34N6O6S. The Balaban J connectivity index is 0.000000241. The number of aromatic nitrogens is 6. The fourth-order valence-corrected chi connectivity index (χ4v) is 5.02. The summed E-state index contributed by atoms with van der Waals surface area (Å²) >= 11 is 0. The molecule has 0 bridgehead atoms. The van der Waals surface area contributed by atoms with Gasteiger partial charge >= 0.3 is 17.5 Å². The quantitative estimate of drug-likeness (QED) is 0.330. The molecule has 0 aliphatic rings. The average Bonchev–Trinajstić information content (AvgIpc) is 3.36. The van der Waals surface area contributed by atoms with Gasteiger partial charge in [-0.3, -0.25) is 19.1 Å². The Morgan fingerprint density at radius 1 is 0.881 bits per heavy atom. The molecule has 0 fully saturated rings. The van der Waals surface area contributed by atoms with Crippen molar-refractivity contribution in [3.63, 3.8) is 0 Å². The van der Waals surface area contributed by atoms with Gasteiger partial charge in [0.2, 0.25) is 0 Å². The number of sulfone groups is 1. The number of nitrogens with one attached hydrogen (secondary N) is 1. The first-order valence-electron chi connectivity index (χ1n) is 13.1. The Hall–Kier alpha value is -4.52. The largest absolute Gasteiger partial charge is 0.443 e. The summed E-state index contributed by atoms with van der Waals surface area (Å²) in [7, 11) is -3.30. The first kappa shape index (κ1) is 30.4. The summed E-state index contributed by atoms with van der Waals surface area (Å²) in [6, 6.07) is 9.75. The van der Waals surface area contributed by atoms with Crippen molar-refractivity contribution in [2.45, 2.75) is 64.1 Å². The molecule has 0 atom stereocenters. The molecule has 4 aromatic heterocycles. The molecule has 1 aromatic carbocycles. The standard InChI is InChI=1S/C19H21N3O5S.C10H13N3O/c1-19(2,3)27-18(24)22-16-11-20-10-9-15(16)21(17(22)23)12-13-5-7-14(8-6-13)28(4,25)26;1-10(2,3)13-8-4-5-11-6-7(8)12-9(13)14/h5-11H,12H2,1-4H3;4-6H,1-3H3,(H,12,14). The molecule has 222 valence electrons. The number of imidazole rings is 2. The van der Waals surface area contributed by atoms with Crippen LogP contribution in [0.5, 0.6) is 0 Å². The molecule has 0 radical (unpaired) electrons. The van der Waals surface area contributed by atoms with Gasteiger partial charge in [0.1, 0.15) is 5.60 Å². The van der Waals surface area contributed by atoms with Crippen LogP contribution in [0.4, 0.5) is 4.79 Å². The zero-order valence-corrected chi connectivity index (χ0v) is 25.4. The zero-order chi connectivity index (χ0) is 31.0. The summed E-state index contributed by atoms with van der Waals surface area (Å²) < 4.78 is 32.7.